The number of rotatable bonds is 4. The molecule has 1 fully saturated rings. The Labute approximate surface area is 119 Å². The zero-order valence-electron chi connectivity index (χ0n) is 9.89. The van der Waals surface area contributed by atoms with Crippen molar-refractivity contribution in [1.82, 2.24) is 4.90 Å². The van der Waals surface area contributed by atoms with Gasteiger partial charge in [0.1, 0.15) is 0 Å². The van der Waals surface area contributed by atoms with Gasteiger partial charge in [0.05, 0.1) is 5.75 Å². The third-order valence-electron chi connectivity index (χ3n) is 2.91. The number of carbonyl (C=O) groups is 2. The topological polar surface area (TPSA) is 37.4 Å². The van der Waals surface area contributed by atoms with Crippen molar-refractivity contribution in [2.45, 2.75) is 17.7 Å². The Bertz CT molecular complexity index is 458. The van der Waals surface area contributed by atoms with Crippen LogP contribution in [0, 0.1) is 0 Å². The molecular formula is C13H14BrNO2S. The minimum Gasteiger partial charge on any atom is -0.342 e. The predicted molar refractivity (Wildman–Crippen MR) is 76.1 cm³/mol. The van der Waals surface area contributed by atoms with Gasteiger partial charge in [0.15, 0.2) is 6.29 Å². The van der Waals surface area contributed by atoms with Crippen LogP contribution in [0.3, 0.4) is 0 Å². The van der Waals surface area contributed by atoms with Crippen molar-refractivity contribution in [3.05, 3.63) is 28.2 Å². The standard InChI is InChI=1S/C13H14BrNO2S/c14-11-4-3-10(8-16)12(7-11)18-9-13(17)15-5-1-2-6-15/h3-4,7-8H,1-2,5-6,9H2. The lowest BCUT2D eigenvalue weighted by molar-refractivity contribution is -0.127. The van der Waals surface area contributed by atoms with Crippen molar-refractivity contribution in [3.8, 4) is 0 Å². The predicted octanol–water partition coefficient (Wildman–Crippen LogP) is 2.98. The molecule has 0 bridgehead atoms. The number of amides is 1. The number of thioether (sulfide) groups is 1. The van der Waals surface area contributed by atoms with E-state index in [1.165, 1.54) is 11.8 Å². The molecule has 1 aliphatic heterocycles. The molecule has 1 amide bonds. The van der Waals surface area contributed by atoms with E-state index in [0.29, 0.717) is 11.3 Å². The highest BCUT2D eigenvalue weighted by Gasteiger charge is 2.18. The van der Waals surface area contributed by atoms with Crippen molar-refractivity contribution in [2.24, 2.45) is 0 Å². The van der Waals surface area contributed by atoms with Crippen molar-refractivity contribution >= 4 is 39.9 Å². The van der Waals surface area contributed by atoms with Crippen molar-refractivity contribution in [3.63, 3.8) is 0 Å². The maximum atomic E-state index is 11.9. The molecule has 0 unspecified atom stereocenters. The van der Waals surface area contributed by atoms with E-state index in [4.69, 9.17) is 0 Å². The fraction of sp³-hybridized carbons (Fsp3) is 0.385. The molecular weight excluding hydrogens is 314 g/mol. The third-order valence-corrected chi connectivity index (χ3v) is 4.46. The number of nitrogens with zero attached hydrogens (tertiary/aromatic N) is 1. The van der Waals surface area contributed by atoms with Gasteiger partial charge in [-0.1, -0.05) is 15.9 Å². The quantitative estimate of drug-likeness (QED) is 0.630. The van der Waals surface area contributed by atoms with E-state index in [9.17, 15) is 9.59 Å². The van der Waals surface area contributed by atoms with E-state index >= 15 is 0 Å². The molecule has 0 aromatic heterocycles. The van der Waals surface area contributed by atoms with Gasteiger partial charge in [0.2, 0.25) is 5.91 Å². The molecule has 0 radical (unpaired) electrons. The zero-order chi connectivity index (χ0) is 13.0. The highest BCUT2D eigenvalue weighted by molar-refractivity contribution is 9.10. The summed E-state index contributed by atoms with van der Waals surface area (Å²) in [5.41, 5.74) is 0.637. The molecule has 0 aliphatic carbocycles. The van der Waals surface area contributed by atoms with E-state index < -0.39 is 0 Å². The molecule has 96 valence electrons. The van der Waals surface area contributed by atoms with Crippen LogP contribution in [0.4, 0.5) is 0 Å². The fourth-order valence-electron chi connectivity index (χ4n) is 1.93. The molecule has 0 saturated carbocycles. The van der Waals surface area contributed by atoms with Gasteiger partial charge in [-0.05, 0) is 31.0 Å². The van der Waals surface area contributed by atoms with Crippen LogP contribution in [0.25, 0.3) is 0 Å². The van der Waals surface area contributed by atoms with Crippen molar-refractivity contribution < 1.29 is 9.59 Å². The Hall–Kier alpha value is -0.810. The number of carbonyl (C=O) groups excluding carboxylic acids is 2. The molecule has 2 rings (SSSR count). The largest absolute Gasteiger partial charge is 0.342 e. The first-order valence-electron chi connectivity index (χ1n) is 5.86. The molecule has 1 saturated heterocycles. The SMILES string of the molecule is O=Cc1ccc(Br)cc1SCC(=O)N1CCCC1. The summed E-state index contributed by atoms with van der Waals surface area (Å²) in [5, 5.41) is 0. The summed E-state index contributed by atoms with van der Waals surface area (Å²) in [5.74, 6) is 0.562. The van der Waals surface area contributed by atoms with Crippen LogP contribution in [0.5, 0.6) is 0 Å². The maximum absolute atomic E-state index is 11.9. The fourth-order valence-corrected chi connectivity index (χ4v) is 3.40. The Kier molecular flexibility index (Phi) is 4.83. The number of likely N-dealkylation sites (tertiary alicyclic amines) is 1. The van der Waals surface area contributed by atoms with E-state index in [1.54, 1.807) is 6.07 Å². The Morgan fingerprint density at radius 3 is 2.78 bits per heavy atom. The smallest absolute Gasteiger partial charge is 0.232 e. The molecule has 1 aliphatic rings. The normalized spacial score (nSPS) is 14.8. The summed E-state index contributed by atoms with van der Waals surface area (Å²) in [4.78, 5) is 25.6. The van der Waals surface area contributed by atoms with Crippen LogP contribution in [-0.2, 0) is 4.79 Å². The minimum atomic E-state index is 0.161. The molecule has 1 aromatic rings. The molecule has 5 heteroatoms. The average Bonchev–Trinajstić information content (AvgIpc) is 2.90. The Morgan fingerprint density at radius 2 is 2.11 bits per heavy atom. The first-order valence-corrected chi connectivity index (χ1v) is 7.64. The molecule has 0 spiro atoms. The second-order valence-corrected chi connectivity index (χ2v) is 6.11. The van der Waals surface area contributed by atoms with Crippen molar-refractivity contribution in [2.75, 3.05) is 18.8 Å². The van der Waals surface area contributed by atoms with E-state index in [2.05, 4.69) is 15.9 Å². The summed E-state index contributed by atoms with van der Waals surface area (Å²) in [7, 11) is 0. The van der Waals surface area contributed by atoms with Gasteiger partial charge < -0.3 is 4.90 Å². The van der Waals surface area contributed by atoms with Gasteiger partial charge in [-0.3, -0.25) is 9.59 Å². The molecule has 1 heterocycles. The highest BCUT2D eigenvalue weighted by Crippen LogP contribution is 2.26. The van der Waals surface area contributed by atoms with E-state index in [-0.39, 0.29) is 5.91 Å². The van der Waals surface area contributed by atoms with E-state index in [1.807, 2.05) is 17.0 Å². The molecule has 0 N–H and O–H groups in total. The Morgan fingerprint density at radius 1 is 1.39 bits per heavy atom. The number of benzene rings is 1. The average molecular weight is 328 g/mol. The number of hydrogen-bond donors (Lipinski definition) is 0. The van der Waals surface area contributed by atoms with Crippen LogP contribution in [-0.4, -0.2) is 35.9 Å². The summed E-state index contributed by atoms with van der Waals surface area (Å²) in [6.45, 7) is 1.75. The van der Waals surface area contributed by atoms with Gasteiger partial charge >= 0.3 is 0 Å². The van der Waals surface area contributed by atoms with Gasteiger partial charge in [0, 0.05) is 28.0 Å². The first kappa shape index (κ1) is 13.6. The summed E-state index contributed by atoms with van der Waals surface area (Å²) < 4.78 is 0.921. The van der Waals surface area contributed by atoms with Crippen LogP contribution < -0.4 is 0 Å². The van der Waals surface area contributed by atoms with E-state index in [0.717, 1.165) is 41.6 Å². The number of aldehydes is 1. The minimum absolute atomic E-state index is 0.161. The van der Waals surface area contributed by atoms with Crippen molar-refractivity contribution in [1.29, 1.82) is 0 Å². The Balaban J connectivity index is 1.98. The lowest BCUT2D eigenvalue weighted by Crippen LogP contribution is -2.29. The summed E-state index contributed by atoms with van der Waals surface area (Å²) >= 11 is 4.80. The highest BCUT2D eigenvalue weighted by atomic mass is 79.9. The maximum Gasteiger partial charge on any atom is 0.232 e. The zero-order valence-corrected chi connectivity index (χ0v) is 12.3. The molecule has 3 nitrogen and oxygen atoms in total. The third kappa shape index (κ3) is 3.36. The van der Waals surface area contributed by atoms with Gasteiger partial charge in [-0.15, -0.1) is 11.8 Å². The van der Waals surface area contributed by atoms with Crippen LogP contribution in [0.1, 0.15) is 23.2 Å². The van der Waals surface area contributed by atoms with Gasteiger partial charge in [-0.2, -0.15) is 0 Å². The monoisotopic (exact) mass is 327 g/mol. The summed E-state index contributed by atoms with van der Waals surface area (Å²) in [6.07, 6.45) is 3.04. The van der Waals surface area contributed by atoms with Gasteiger partial charge in [0.25, 0.3) is 0 Å². The summed E-state index contributed by atoms with van der Waals surface area (Å²) in [6, 6.07) is 5.47. The second-order valence-electron chi connectivity index (χ2n) is 4.18. The number of halogens is 1. The molecule has 0 atom stereocenters. The first-order chi connectivity index (χ1) is 8.70. The molecule has 1 aromatic carbocycles. The van der Waals surface area contributed by atoms with Gasteiger partial charge in [-0.25, -0.2) is 0 Å². The van der Waals surface area contributed by atoms with Crippen LogP contribution in [0.15, 0.2) is 27.6 Å². The second kappa shape index (κ2) is 6.38. The van der Waals surface area contributed by atoms with Crippen LogP contribution in [0.2, 0.25) is 0 Å². The molecule has 18 heavy (non-hydrogen) atoms. The lowest BCUT2D eigenvalue weighted by Gasteiger charge is -2.15. The number of hydrogen-bond acceptors (Lipinski definition) is 3. The lowest BCUT2D eigenvalue weighted by atomic mass is 10.2. The van der Waals surface area contributed by atoms with Crippen LogP contribution >= 0.6 is 27.7 Å².